The summed E-state index contributed by atoms with van der Waals surface area (Å²) in [6.45, 7) is 3.53. The van der Waals surface area contributed by atoms with Crippen LogP contribution in [0.3, 0.4) is 0 Å². The van der Waals surface area contributed by atoms with Gasteiger partial charge in [0, 0.05) is 0 Å². The second-order valence-corrected chi connectivity index (χ2v) is 5.14. The minimum absolute atomic E-state index is 0.512. The molecular formula is C14H21NO. The largest absolute Gasteiger partial charge is 0.497 e. The van der Waals surface area contributed by atoms with Gasteiger partial charge >= 0.3 is 0 Å². The molecule has 2 unspecified atom stereocenters. The molecular weight excluding hydrogens is 198 g/mol. The van der Waals surface area contributed by atoms with Crippen molar-refractivity contribution in [1.29, 1.82) is 0 Å². The van der Waals surface area contributed by atoms with Crippen LogP contribution in [-0.4, -0.2) is 20.7 Å². The first kappa shape index (κ1) is 11.5. The summed E-state index contributed by atoms with van der Waals surface area (Å²) in [5.74, 6) is 1.79. The van der Waals surface area contributed by atoms with E-state index in [-0.39, 0.29) is 0 Å². The SMILES string of the molecule is CNCC1CC1(C)Cc1ccc(OC)cc1. The van der Waals surface area contributed by atoms with Crippen LogP contribution < -0.4 is 10.1 Å². The van der Waals surface area contributed by atoms with Crippen LogP contribution in [0.25, 0.3) is 0 Å². The van der Waals surface area contributed by atoms with Gasteiger partial charge in [-0.15, -0.1) is 0 Å². The van der Waals surface area contributed by atoms with Gasteiger partial charge in [-0.3, -0.25) is 0 Å². The lowest BCUT2D eigenvalue weighted by molar-refractivity contribution is 0.414. The lowest BCUT2D eigenvalue weighted by Crippen LogP contribution is -2.14. The molecule has 2 rings (SSSR count). The van der Waals surface area contributed by atoms with Gasteiger partial charge in [0.25, 0.3) is 0 Å². The first-order valence-electron chi connectivity index (χ1n) is 5.95. The number of ether oxygens (including phenoxy) is 1. The molecule has 0 heterocycles. The summed E-state index contributed by atoms with van der Waals surface area (Å²) in [7, 11) is 3.74. The van der Waals surface area contributed by atoms with E-state index in [9.17, 15) is 0 Å². The fourth-order valence-electron chi connectivity index (χ4n) is 2.50. The van der Waals surface area contributed by atoms with Gasteiger partial charge in [0.05, 0.1) is 7.11 Å². The minimum Gasteiger partial charge on any atom is -0.497 e. The maximum atomic E-state index is 5.16. The highest BCUT2D eigenvalue weighted by molar-refractivity contribution is 5.28. The molecule has 1 saturated carbocycles. The van der Waals surface area contributed by atoms with Gasteiger partial charge in [-0.2, -0.15) is 0 Å². The van der Waals surface area contributed by atoms with Crippen LogP contribution in [0.4, 0.5) is 0 Å². The zero-order chi connectivity index (χ0) is 11.6. The normalized spacial score (nSPS) is 27.8. The van der Waals surface area contributed by atoms with Crippen LogP contribution in [0, 0.1) is 11.3 Å². The molecule has 0 radical (unpaired) electrons. The average molecular weight is 219 g/mol. The van der Waals surface area contributed by atoms with Crippen molar-refractivity contribution in [2.45, 2.75) is 19.8 Å². The van der Waals surface area contributed by atoms with E-state index in [2.05, 4.69) is 24.4 Å². The second-order valence-electron chi connectivity index (χ2n) is 5.14. The molecule has 1 aliphatic rings. The molecule has 0 aromatic heterocycles. The molecule has 1 aliphatic carbocycles. The van der Waals surface area contributed by atoms with Gasteiger partial charge in [-0.1, -0.05) is 19.1 Å². The Morgan fingerprint density at radius 1 is 1.38 bits per heavy atom. The number of nitrogens with one attached hydrogen (secondary N) is 1. The van der Waals surface area contributed by atoms with E-state index < -0.39 is 0 Å². The predicted octanol–water partition coefficient (Wildman–Crippen LogP) is 2.48. The fraction of sp³-hybridized carbons (Fsp3) is 0.571. The van der Waals surface area contributed by atoms with Crippen LogP contribution >= 0.6 is 0 Å². The molecule has 2 heteroatoms. The minimum atomic E-state index is 0.512. The summed E-state index contributed by atoms with van der Waals surface area (Å²) < 4.78 is 5.16. The van der Waals surface area contributed by atoms with Gasteiger partial charge in [0.15, 0.2) is 0 Å². The van der Waals surface area contributed by atoms with Crippen molar-refractivity contribution in [2.24, 2.45) is 11.3 Å². The summed E-state index contributed by atoms with van der Waals surface area (Å²) in [4.78, 5) is 0. The number of methoxy groups -OCH3 is 1. The highest BCUT2D eigenvalue weighted by Crippen LogP contribution is 2.53. The average Bonchev–Trinajstić information content (AvgIpc) is 2.90. The maximum Gasteiger partial charge on any atom is 0.118 e. The van der Waals surface area contributed by atoms with E-state index in [0.29, 0.717) is 5.41 Å². The standard InChI is InChI=1S/C14H21NO/c1-14(9-12(14)10-15-2)8-11-4-6-13(16-3)7-5-11/h4-7,12,15H,8-10H2,1-3H3. The van der Waals surface area contributed by atoms with E-state index >= 15 is 0 Å². The third-order valence-corrected chi connectivity index (χ3v) is 3.76. The Balaban J connectivity index is 1.94. The summed E-state index contributed by atoms with van der Waals surface area (Å²) >= 11 is 0. The molecule has 0 amide bonds. The predicted molar refractivity (Wildman–Crippen MR) is 66.8 cm³/mol. The molecule has 0 saturated heterocycles. The van der Waals surface area contributed by atoms with Crippen molar-refractivity contribution in [1.82, 2.24) is 5.32 Å². The van der Waals surface area contributed by atoms with E-state index in [0.717, 1.165) is 18.2 Å². The zero-order valence-corrected chi connectivity index (χ0v) is 10.4. The summed E-state index contributed by atoms with van der Waals surface area (Å²) in [5, 5.41) is 3.27. The molecule has 1 fully saturated rings. The monoisotopic (exact) mass is 219 g/mol. The molecule has 1 N–H and O–H groups in total. The van der Waals surface area contributed by atoms with E-state index in [1.807, 2.05) is 19.2 Å². The summed E-state index contributed by atoms with van der Waals surface area (Å²) in [6, 6.07) is 8.46. The van der Waals surface area contributed by atoms with Gasteiger partial charge in [0.1, 0.15) is 5.75 Å². The van der Waals surface area contributed by atoms with Crippen molar-refractivity contribution in [2.75, 3.05) is 20.7 Å². The van der Waals surface area contributed by atoms with Gasteiger partial charge < -0.3 is 10.1 Å². The highest BCUT2D eigenvalue weighted by Gasteiger charge is 2.48. The topological polar surface area (TPSA) is 21.3 Å². The van der Waals surface area contributed by atoms with Gasteiger partial charge in [-0.05, 0) is 55.5 Å². The van der Waals surface area contributed by atoms with Crippen molar-refractivity contribution in [3.05, 3.63) is 29.8 Å². The molecule has 0 bridgehead atoms. The molecule has 0 spiro atoms. The molecule has 1 aromatic carbocycles. The van der Waals surface area contributed by atoms with Crippen molar-refractivity contribution in [3.63, 3.8) is 0 Å². The number of hydrogen-bond acceptors (Lipinski definition) is 2. The summed E-state index contributed by atoms with van der Waals surface area (Å²) in [5.41, 5.74) is 1.93. The number of hydrogen-bond donors (Lipinski definition) is 1. The number of rotatable bonds is 5. The van der Waals surface area contributed by atoms with Gasteiger partial charge in [0.2, 0.25) is 0 Å². The van der Waals surface area contributed by atoms with Crippen LogP contribution in [0.15, 0.2) is 24.3 Å². The second kappa shape index (κ2) is 4.46. The van der Waals surface area contributed by atoms with Gasteiger partial charge in [-0.25, -0.2) is 0 Å². The Morgan fingerprint density at radius 2 is 2.06 bits per heavy atom. The Hall–Kier alpha value is -1.02. The Morgan fingerprint density at radius 3 is 2.62 bits per heavy atom. The zero-order valence-electron chi connectivity index (χ0n) is 10.4. The lowest BCUT2D eigenvalue weighted by atomic mass is 9.96. The summed E-state index contributed by atoms with van der Waals surface area (Å²) in [6.07, 6.45) is 2.53. The first-order valence-corrected chi connectivity index (χ1v) is 5.95. The van der Waals surface area contributed by atoms with Crippen LogP contribution in [0.5, 0.6) is 5.75 Å². The van der Waals surface area contributed by atoms with E-state index in [1.165, 1.54) is 18.4 Å². The molecule has 0 aliphatic heterocycles. The van der Waals surface area contributed by atoms with Crippen LogP contribution in [0.2, 0.25) is 0 Å². The van der Waals surface area contributed by atoms with E-state index in [1.54, 1.807) is 7.11 Å². The van der Waals surface area contributed by atoms with E-state index in [4.69, 9.17) is 4.74 Å². The van der Waals surface area contributed by atoms with Crippen molar-refractivity contribution in [3.8, 4) is 5.75 Å². The Labute approximate surface area is 98.0 Å². The number of benzene rings is 1. The fourth-order valence-corrected chi connectivity index (χ4v) is 2.50. The third-order valence-electron chi connectivity index (χ3n) is 3.76. The molecule has 1 aromatic rings. The molecule has 88 valence electrons. The van der Waals surface area contributed by atoms with Crippen molar-refractivity contribution >= 4 is 0 Å². The smallest absolute Gasteiger partial charge is 0.118 e. The van der Waals surface area contributed by atoms with Crippen molar-refractivity contribution < 1.29 is 4.74 Å². The highest BCUT2D eigenvalue weighted by atomic mass is 16.5. The maximum absolute atomic E-state index is 5.16. The first-order chi connectivity index (χ1) is 7.68. The van der Waals surface area contributed by atoms with Crippen LogP contribution in [-0.2, 0) is 6.42 Å². The molecule has 16 heavy (non-hydrogen) atoms. The third kappa shape index (κ3) is 2.38. The molecule has 2 atom stereocenters. The Kier molecular flexibility index (Phi) is 3.20. The quantitative estimate of drug-likeness (QED) is 0.821. The Bertz CT molecular complexity index is 346. The van der Waals surface area contributed by atoms with Crippen LogP contribution in [0.1, 0.15) is 18.9 Å². The molecule has 2 nitrogen and oxygen atoms in total. The lowest BCUT2D eigenvalue weighted by Gasteiger charge is -2.11.